The van der Waals surface area contributed by atoms with Crippen molar-refractivity contribution in [3.63, 3.8) is 0 Å². The molecule has 0 aromatic carbocycles. The number of carbonyl (C=O) groups is 8. The zero-order valence-corrected chi connectivity index (χ0v) is 29.8. The van der Waals surface area contributed by atoms with Crippen LogP contribution in [0.1, 0.15) is 48.5 Å². The highest BCUT2D eigenvalue weighted by molar-refractivity contribution is 6.75. The summed E-state index contributed by atoms with van der Waals surface area (Å²) in [6.45, 7) is 5.62. The van der Waals surface area contributed by atoms with Crippen LogP contribution < -0.4 is 0 Å². The molecule has 19 nitrogen and oxygen atoms in total. The van der Waals surface area contributed by atoms with Crippen molar-refractivity contribution >= 4 is 82.6 Å². The fourth-order valence-electron chi connectivity index (χ4n) is 4.74. The molecule has 10 atom stereocenters. The first-order valence-electron chi connectivity index (χ1n) is 14.5. The lowest BCUT2D eigenvalue weighted by Crippen LogP contribution is -2.67. The van der Waals surface area contributed by atoms with E-state index in [1.807, 2.05) is 0 Å². The van der Waals surface area contributed by atoms with Crippen LogP contribution >= 0.6 is 34.8 Å². The van der Waals surface area contributed by atoms with Crippen molar-refractivity contribution < 1.29 is 90.5 Å². The lowest BCUT2D eigenvalue weighted by Gasteiger charge is -2.48. The molecule has 2 fully saturated rings. The standard InChI is InChI=1S/C28H35Cl3O19/c1-10(32)40-8-17-19(42-12(3)34)21(43-13(4)35)23(45-15(6)37)25(47-17)49-20-18(9-41-11(2)33)48-26(50-27(39)28(29,30)31)24(46-16(7)38)22(20)44-14(5)36/h17-26H,8-9H2,1-7H3/t17-,18-,19-,20-,21+,22+,23-,24-,25+,26-/m1/s1. The number of halogens is 3. The van der Waals surface area contributed by atoms with Crippen LogP contribution in [-0.4, -0.2) is 126 Å². The Bertz CT molecular complexity index is 1300. The summed E-state index contributed by atoms with van der Waals surface area (Å²) >= 11 is 16.9. The molecule has 2 saturated heterocycles. The van der Waals surface area contributed by atoms with E-state index >= 15 is 0 Å². The maximum atomic E-state index is 12.5. The number of hydrogen-bond donors (Lipinski definition) is 0. The molecule has 282 valence electrons. The van der Waals surface area contributed by atoms with Crippen molar-refractivity contribution in [2.75, 3.05) is 13.2 Å². The highest BCUT2D eigenvalue weighted by atomic mass is 35.6. The van der Waals surface area contributed by atoms with Gasteiger partial charge >= 0.3 is 47.8 Å². The van der Waals surface area contributed by atoms with Gasteiger partial charge in [-0.2, -0.15) is 0 Å². The van der Waals surface area contributed by atoms with E-state index < -0.39 is 126 Å². The molecule has 0 amide bonds. The summed E-state index contributed by atoms with van der Waals surface area (Å²) in [4.78, 5) is 97.4. The molecule has 0 unspecified atom stereocenters. The second-order valence-corrected chi connectivity index (χ2v) is 12.8. The second-order valence-electron chi connectivity index (χ2n) is 10.6. The highest BCUT2D eigenvalue weighted by Gasteiger charge is 2.58. The molecule has 2 aliphatic rings. The summed E-state index contributed by atoms with van der Waals surface area (Å²) in [5.74, 6) is -8.02. The summed E-state index contributed by atoms with van der Waals surface area (Å²) in [6, 6.07) is 0. The Morgan fingerprint density at radius 2 is 0.800 bits per heavy atom. The highest BCUT2D eigenvalue weighted by Crippen LogP contribution is 2.37. The molecule has 50 heavy (non-hydrogen) atoms. The molecule has 0 spiro atoms. The van der Waals surface area contributed by atoms with E-state index in [1.165, 1.54) is 0 Å². The van der Waals surface area contributed by atoms with Gasteiger partial charge in [0.15, 0.2) is 30.7 Å². The van der Waals surface area contributed by atoms with Crippen molar-refractivity contribution in [2.45, 2.75) is 114 Å². The average Bonchev–Trinajstić information content (AvgIpc) is 2.95. The molecule has 2 rings (SSSR count). The number of rotatable bonds is 12. The zero-order chi connectivity index (χ0) is 38.1. The molecule has 0 saturated carbocycles. The first kappa shape index (κ1) is 42.7. The van der Waals surface area contributed by atoms with Gasteiger partial charge in [-0.1, -0.05) is 34.8 Å². The molecular weight excluding hydrogens is 747 g/mol. The Morgan fingerprint density at radius 3 is 1.20 bits per heavy atom. The van der Waals surface area contributed by atoms with Crippen LogP contribution in [0.4, 0.5) is 0 Å². The van der Waals surface area contributed by atoms with Crippen molar-refractivity contribution in [2.24, 2.45) is 0 Å². The third-order valence-electron chi connectivity index (χ3n) is 6.34. The maximum absolute atomic E-state index is 12.5. The predicted octanol–water partition coefficient (Wildman–Crippen LogP) is 0.520. The molecule has 22 heteroatoms. The minimum absolute atomic E-state index is 0.631. The second kappa shape index (κ2) is 18.7. The van der Waals surface area contributed by atoms with E-state index in [4.69, 9.17) is 86.9 Å². The van der Waals surface area contributed by atoms with Gasteiger partial charge in [0.25, 0.3) is 3.79 Å². The third kappa shape index (κ3) is 13.0. The normalized spacial score (nSPS) is 29.3. The molecule has 0 aliphatic carbocycles. The Morgan fingerprint density at radius 1 is 0.460 bits per heavy atom. The number of ether oxygens (including phenoxy) is 11. The van der Waals surface area contributed by atoms with Crippen LogP contribution in [0.2, 0.25) is 0 Å². The lowest BCUT2D eigenvalue weighted by atomic mass is 9.96. The van der Waals surface area contributed by atoms with Gasteiger partial charge in [0.2, 0.25) is 12.4 Å². The van der Waals surface area contributed by atoms with Gasteiger partial charge in [0.1, 0.15) is 31.5 Å². The molecule has 0 bridgehead atoms. The van der Waals surface area contributed by atoms with Crippen LogP contribution in [0, 0.1) is 0 Å². The van der Waals surface area contributed by atoms with Gasteiger partial charge in [0, 0.05) is 48.5 Å². The van der Waals surface area contributed by atoms with Crippen LogP contribution in [0.25, 0.3) is 0 Å². The van der Waals surface area contributed by atoms with E-state index in [9.17, 15) is 38.4 Å². The van der Waals surface area contributed by atoms with Crippen molar-refractivity contribution in [1.29, 1.82) is 0 Å². The Balaban J connectivity index is 2.77. The molecule has 0 aromatic rings. The van der Waals surface area contributed by atoms with E-state index in [0.29, 0.717) is 0 Å². The monoisotopic (exact) mass is 780 g/mol. The smallest absolute Gasteiger partial charge is 0.360 e. The van der Waals surface area contributed by atoms with Crippen LogP contribution in [0.5, 0.6) is 0 Å². The maximum Gasteiger partial charge on any atom is 0.360 e. The minimum Gasteiger partial charge on any atom is -0.463 e. The number of esters is 8. The molecule has 2 aliphatic heterocycles. The molecule has 0 aromatic heterocycles. The first-order valence-corrected chi connectivity index (χ1v) is 15.6. The number of hydrogen-bond acceptors (Lipinski definition) is 19. The summed E-state index contributed by atoms with van der Waals surface area (Å²) in [7, 11) is 0. The quantitative estimate of drug-likeness (QED) is 0.149. The largest absolute Gasteiger partial charge is 0.463 e. The lowest BCUT2D eigenvalue weighted by molar-refractivity contribution is -0.357. The summed E-state index contributed by atoms with van der Waals surface area (Å²) < 4.78 is 57.4. The molecule has 0 N–H and O–H groups in total. The molecular formula is C28H35Cl3O19. The molecule has 0 radical (unpaired) electrons. The van der Waals surface area contributed by atoms with E-state index in [1.54, 1.807) is 0 Å². The SMILES string of the molecule is CC(=O)OC[C@H]1O[C@@H](O[C@H]2[C@H](OC(C)=O)[C@@H](OC(C)=O)[C@@H](OC(=O)C(Cl)(Cl)Cl)O[C@@H]2COC(C)=O)[C@H](OC(C)=O)[C@@H](OC(C)=O)[C@@H]1OC(C)=O. The zero-order valence-electron chi connectivity index (χ0n) is 27.6. The predicted molar refractivity (Wildman–Crippen MR) is 160 cm³/mol. The summed E-state index contributed by atoms with van der Waals surface area (Å²) in [5.41, 5.74) is 0. The number of carbonyl (C=O) groups excluding carboxylic acids is 8. The minimum atomic E-state index is -2.67. The summed E-state index contributed by atoms with van der Waals surface area (Å²) in [5, 5.41) is 0. The Labute approximate surface area is 299 Å². The van der Waals surface area contributed by atoms with Gasteiger partial charge in [-0.25, -0.2) is 4.79 Å². The van der Waals surface area contributed by atoms with Crippen LogP contribution in [0.3, 0.4) is 0 Å². The Hall–Kier alpha value is -3.49. The fraction of sp³-hybridized carbons (Fsp3) is 0.714. The van der Waals surface area contributed by atoms with Gasteiger partial charge in [-0.15, -0.1) is 0 Å². The third-order valence-corrected chi connectivity index (χ3v) is 6.80. The fourth-order valence-corrected chi connectivity index (χ4v) is 4.87. The first-order chi connectivity index (χ1) is 23.1. The van der Waals surface area contributed by atoms with Crippen LogP contribution in [-0.2, 0) is 90.5 Å². The Kier molecular flexibility index (Phi) is 15.9. The van der Waals surface area contributed by atoms with Crippen molar-refractivity contribution in [3.8, 4) is 0 Å². The van der Waals surface area contributed by atoms with Gasteiger partial charge < -0.3 is 52.1 Å². The molecule has 2 heterocycles. The van der Waals surface area contributed by atoms with E-state index in [2.05, 4.69) is 0 Å². The van der Waals surface area contributed by atoms with E-state index in [0.717, 1.165) is 48.5 Å². The van der Waals surface area contributed by atoms with Gasteiger partial charge in [0.05, 0.1) is 0 Å². The van der Waals surface area contributed by atoms with Crippen molar-refractivity contribution in [3.05, 3.63) is 0 Å². The number of alkyl halides is 3. The van der Waals surface area contributed by atoms with Crippen molar-refractivity contribution in [1.82, 2.24) is 0 Å². The van der Waals surface area contributed by atoms with Gasteiger partial charge in [-0.3, -0.25) is 33.6 Å². The van der Waals surface area contributed by atoms with E-state index in [-0.39, 0.29) is 0 Å². The summed E-state index contributed by atoms with van der Waals surface area (Å²) in [6.07, 6.45) is -17.5. The topological polar surface area (TPSA) is 238 Å². The van der Waals surface area contributed by atoms with Gasteiger partial charge in [-0.05, 0) is 0 Å². The van der Waals surface area contributed by atoms with Crippen LogP contribution in [0.15, 0.2) is 0 Å². The average molecular weight is 782 g/mol.